The highest BCUT2D eigenvalue weighted by atomic mass is 19.1. The Bertz CT molecular complexity index is 558. The third-order valence-corrected chi connectivity index (χ3v) is 3.59. The largest absolute Gasteiger partial charge is 0.480 e. The molecule has 4 nitrogen and oxygen atoms in total. The van der Waals surface area contributed by atoms with E-state index in [1.165, 1.54) is 11.0 Å². The highest BCUT2D eigenvalue weighted by molar-refractivity contribution is 5.82. The first-order chi connectivity index (χ1) is 9.88. The van der Waals surface area contributed by atoms with Crippen molar-refractivity contribution in [1.29, 1.82) is 0 Å². The molecule has 1 saturated carbocycles. The molecule has 1 aromatic carbocycles. The quantitative estimate of drug-likeness (QED) is 0.878. The Hall–Kier alpha value is -1.98. The summed E-state index contributed by atoms with van der Waals surface area (Å²) in [6.07, 6.45) is 1.61. The Labute approximate surface area is 121 Å². The molecule has 0 bridgehead atoms. The normalized spacial score (nSPS) is 15.6. The fraction of sp³-hybridized carbons (Fsp3) is 0.467. The van der Waals surface area contributed by atoms with Crippen molar-refractivity contribution in [2.75, 3.05) is 6.54 Å². The second-order valence-electron chi connectivity index (χ2n) is 5.42. The van der Waals surface area contributed by atoms with E-state index >= 15 is 0 Å². The average Bonchev–Trinajstić information content (AvgIpc) is 3.19. The standard InChI is InChI=1S/C15H17F2NO3/c1-9(12-5-2-10(16)7-13(12)17)6-14(19)18(8-15(20)21)11-3-4-11/h2,5,7,9,11H,3-4,6,8H2,1H3,(H,20,21). The lowest BCUT2D eigenvalue weighted by molar-refractivity contribution is -0.145. The molecule has 1 aliphatic rings. The summed E-state index contributed by atoms with van der Waals surface area (Å²) in [6, 6.07) is 3.24. The highest BCUT2D eigenvalue weighted by Crippen LogP contribution is 2.30. The Morgan fingerprint density at radius 1 is 1.38 bits per heavy atom. The van der Waals surface area contributed by atoms with Crippen LogP contribution in [0.1, 0.15) is 37.7 Å². The van der Waals surface area contributed by atoms with Crippen molar-refractivity contribution >= 4 is 11.9 Å². The summed E-state index contributed by atoms with van der Waals surface area (Å²) in [4.78, 5) is 24.3. The van der Waals surface area contributed by atoms with Crippen LogP contribution in [0.2, 0.25) is 0 Å². The van der Waals surface area contributed by atoms with Gasteiger partial charge in [-0.3, -0.25) is 9.59 Å². The summed E-state index contributed by atoms with van der Waals surface area (Å²) in [6.45, 7) is 1.34. The van der Waals surface area contributed by atoms with Crippen molar-refractivity contribution < 1.29 is 23.5 Å². The van der Waals surface area contributed by atoms with E-state index in [0.29, 0.717) is 0 Å². The Balaban J connectivity index is 2.04. The van der Waals surface area contributed by atoms with Crippen LogP contribution in [0.4, 0.5) is 8.78 Å². The van der Waals surface area contributed by atoms with E-state index in [-0.39, 0.29) is 30.5 Å². The van der Waals surface area contributed by atoms with Gasteiger partial charge in [0.2, 0.25) is 5.91 Å². The number of nitrogens with zero attached hydrogens (tertiary/aromatic N) is 1. The van der Waals surface area contributed by atoms with Crippen LogP contribution in [-0.4, -0.2) is 34.5 Å². The number of hydrogen-bond acceptors (Lipinski definition) is 2. The fourth-order valence-corrected chi connectivity index (χ4v) is 2.34. The number of rotatable bonds is 6. The van der Waals surface area contributed by atoms with Gasteiger partial charge in [-0.25, -0.2) is 8.78 Å². The highest BCUT2D eigenvalue weighted by Gasteiger charge is 2.34. The number of carbonyl (C=O) groups excluding carboxylic acids is 1. The van der Waals surface area contributed by atoms with Gasteiger partial charge in [0.25, 0.3) is 0 Å². The third-order valence-electron chi connectivity index (χ3n) is 3.59. The summed E-state index contributed by atoms with van der Waals surface area (Å²) in [7, 11) is 0. The fourth-order valence-electron chi connectivity index (χ4n) is 2.34. The van der Waals surface area contributed by atoms with Crippen LogP contribution in [0.15, 0.2) is 18.2 Å². The zero-order valence-electron chi connectivity index (χ0n) is 11.7. The average molecular weight is 297 g/mol. The Morgan fingerprint density at radius 2 is 2.05 bits per heavy atom. The number of benzene rings is 1. The van der Waals surface area contributed by atoms with Crippen LogP contribution in [0, 0.1) is 11.6 Å². The minimum absolute atomic E-state index is 0.00628. The van der Waals surface area contributed by atoms with Gasteiger partial charge in [0.1, 0.15) is 18.2 Å². The number of hydrogen-bond donors (Lipinski definition) is 1. The first-order valence-electron chi connectivity index (χ1n) is 6.84. The van der Waals surface area contributed by atoms with E-state index in [2.05, 4.69) is 0 Å². The van der Waals surface area contributed by atoms with E-state index in [9.17, 15) is 18.4 Å². The van der Waals surface area contributed by atoms with Gasteiger partial charge in [-0.2, -0.15) is 0 Å². The molecule has 0 radical (unpaired) electrons. The van der Waals surface area contributed by atoms with Crippen LogP contribution in [0.3, 0.4) is 0 Å². The topological polar surface area (TPSA) is 57.6 Å². The molecule has 1 N–H and O–H groups in total. The Morgan fingerprint density at radius 3 is 2.57 bits per heavy atom. The van der Waals surface area contributed by atoms with Crippen molar-refractivity contribution in [2.45, 2.75) is 38.1 Å². The molecule has 0 spiro atoms. The molecular weight excluding hydrogens is 280 g/mol. The number of carbonyl (C=O) groups is 2. The molecule has 0 saturated heterocycles. The molecule has 6 heteroatoms. The van der Waals surface area contributed by atoms with Gasteiger partial charge in [0, 0.05) is 18.5 Å². The van der Waals surface area contributed by atoms with Gasteiger partial charge in [0.05, 0.1) is 0 Å². The molecule has 0 aromatic heterocycles. The number of halogens is 2. The van der Waals surface area contributed by atoms with Gasteiger partial charge in [-0.05, 0) is 30.4 Å². The first-order valence-corrected chi connectivity index (χ1v) is 6.84. The molecule has 114 valence electrons. The van der Waals surface area contributed by atoms with Gasteiger partial charge in [-0.15, -0.1) is 0 Å². The smallest absolute Gasteiger partial charge is 0.323 e. The molecular formula is C15H17F2NO3. The minimum atomic E-state index is -1.06. The van der Waals surface area contributed by atoms with Crippen molar-refractivity contribution in [1.82, 2.24) is 4.90 Å². The molecule has 1 atom stereocenters. The van der Waals surface area contributed by atoms with E-state index < -0.39 is 23.5 Å². The maximum absolute atomic E-state index is 13.7. The zero-order chi connectivity index (χ0) is 15.6. The summed E-state index contributed by atoms with van der Waals surface area (Å²) >= 11 is 0. The second-order valence-corrected chi connectivity index (χ2v) is 5.42. The molecule has 2 rings (SSSR count). The molecule has 1 unspecified atom stereocenters. The van der Waals surface area contributed by atoms with Gasteiger partial charge in [0.15, 0.2) is 0 Å². The summed E-state index contributed by atoms with van der Waals surface area (Å²) < 4.78 is 26.6. The zero-order valence-corrected chi connectivity index (χ0v) is 11.7. The summed E-state index contributed by atoms with van der Waals surface area (Å²) in [5, 5.41) is 8.84. The summed E-state index contributed by atoms with van der Waals surface area (Å²) in [5.41, 5.74) is 0.260. The molecule has 0 aliphatic heterocycles. The second kappa shape index (κ2) is 6.20. The van der Waals surface area contributed by atoms with Gasteiger partial charge < -0.3 is 10.0 Å². The monoisotopic (exact) mass is 297 g/mol. The van der Waals surface area contributed by atoms with Crippen molar-refractivity contribution in [3.63, 3.8) is 0 Å². The number of carboxylic acids is 1. The lowest BCUT2D eigenvalue weighted by atomic mass is 9.96. The molecule has 1 aromatic rings. The summed E-state index contributed by atoms with van der Waals surface area (Å²) in [5.74, 6) is -3.16. The molecule has 1 amide bonds. The van der Waals surface area contributed by atoms with Crippen molar-refractivity contribution in [3.8, 4) is 0 Å². The molecule has 0 heterocycles. The molecule has 21 heavy (non-hydrogen) atoms. The third kappa shape index (κ3) is 4.00. The lowest BCUT2D eigenvalue weighted by Crippen LogP contribution is -2.38. The Kier molecular flexibility index (Phi) is 4.55. The maximum Gasteiger partial charge on any atom is 0.323 e. The van der Waals surface area contributed by atoms with E-state index in [4.69, 9.17) is 5.11 Å². The van der Waals surface area contributed by atoms with Crippen LogP contribution >= 0.6 is 0 Å². The number of carboxylic acid groups (broad SMARTS) is 1. The van der Waals surface area contributed by atoms with Crippen molar-refractivity contribution in [2.24, 2.45) is 0 Å². The predicted octanol–water partition coefficient (Wildman–Crippen LogP) is 2.53. The van der Waals surface area contributed by atoms with Gasteiger partial charge >= 0.3 is 5.97 Å². The number of aliphatic carboxylic acids is 1. The number of amides is 1. The van der Waals surface area contributed by atoms with Crippen LogP contribution in [-0.2, 0) is 9.59 Å². The van der Waals surface area contributed by atoms with Crippen molar-refractivity contribution in [3.05, 3.63) is 35.4 Å². The molecule has 1 aliphatic carbocycles. The van der Waals surface area contributed by atoms with E-state index in [1.54, 1.807) is 6.92 Å². The van der Waals surface area contributed by atoms with Crippen LogP contribution < -0.4 is 0 Å². The predicted molar refractivity (Wildman–Crippen MR) is 71.8 cm³/mol. The lowest BCUT2D eigenvalue weighted by Gasteiger charge is -2.22. The van der Waals surface area contributed by atoms with E-state index in [0.717, 1.165) is 25.0 Å². The minimum Gasteiger partial charge on any atom is -0.480 e. The van der Waals surface area contributed by atoms with Crippen LogP contribution in [0.5, 0.6) is 0 Å². The first kappa shape index (κ1) is 15.4. The maximum atomic E-state index is 13.7. The van der Waals surface area contributed by atoms with E-state index in [1.807, 2.05) is 0 Å². The van der Waals surface area contributed by atoms with Crippen LogP contribution in [0.25, 0.3) is 0 Å². The SMILES string of the molecule is CC(CC(=O)N(CC(=O)O)C1CC1)c1ccc(F)cc1F. The van der Waals surface area contributed by atoms with Gasteiger partial charge in [-0.1, -0.05) is 13.0 Å². The molecule has 1 fully saturated rings.